The molecule has 20 heavy (non-hydrogen) atoms. The molecule has 1 N–H and O–H groups in total. The lowest BCUT2D eigenvalue weighted by Gasteiger charge is -2.20. The van der Waals surface area contributed by atoms with E-state index in [2.05, 4.69) is 23.7 Å². The number of hydrogen-bond acceptors (Lipinski definition) is 4. The monoisotopic (exact) mass is 297 g/mol. The summed E-state index contributed by atoms with van der Waals surface area (Å²) < 4.78 is 4.92. The molecule has 0 saturated carbocycles. The minimum absolute atomic E-state index is 0.0816. The van der Waals surface area contributed by atoms with Gasteiger partial charge in [0.1, 0.15) is 0 Å². The van der Waals surface area contributed by atoms with Gasteiger partial charge in [-0.15, -0.1) is 11.3 Å². The quantitative estimate of drug-likeness (QED) is 0.860. The molecule has 0 aliphatic carbocycles. The minimum atomic E-state index is -0.301. The Kier molecular flexibility index (Phi) is 7.24. The van der Waals surface area contributed by atoms with Crippen LogP contribution in [0.4, 0.5) is 0 Å². The van der Waals surface area contributed by atoms with Crippen LogP contribution in [0.5, 0.6) is 0 Å². The number of hydrogen-bond donors (Lipinski definition) is 1. The maximum absolute atomic E-state index is 11.2. The van der Waals surface area contributed by atoms with Crippen molar-refractivity contribution in [2.45, 2.75) is 53.5 Å². The predicted molar refractivity (Wildman–Crippen MR) is 85.1 cm³/mol. The van der Waals surface area contributed by atoms with Crippen molar-refractivity contribution in [3.8, 4) is 0 Å². The van der Waals surface area contributed by atoms with Crippen LogP contribution in [0.25, 0.3) is 0 Å². The van der Waals surface area contributed by atoms with Gasteiger partial charge in [-0.05, 0) is 50.6 Å². The van der Waals surface area contributed by atoms with E-state index in [1.807, 2.05) is 32.1 Å². The molecule has 0 aromatic carbocycles. The molecule has 1 aliphatic rings. The van der Waals surface area contributed by atoms with Gasteiger partial charge in [0.15, 0.2) is 0 Å². The van der Waals surface area contributed by atoms with Gasteiger partial charge in [-0.3, -0.25) is 4.79 Å². The maximum atomic E-state index is 11.2. The first kappa shape index (κ1) is 17.2. The summed E-state index contributed by atoms with van der Waals surface area (Å²) in [6, 6.07) is 2.21. The SMILES string of the molecule is CCCC(C)(C)C(=O)OCC.c1cc2c(s1)CCNC2. The summed E-state index contributed by atoms with van der Waals surface area (Å²) in [5.41, 5.74) is 1.20. The number of carbonyl (C=O) groups is 1. The highest BCUT2D eigenvalue weighted by Crippen LogP contribution is 2.23. The Balaban J connectivity index is 0.000000202. The van der Waals surface area contributed by atoms with Gasteiger partial charge in [-0.1, -0.05) is 13.3 Å². The zero-order valence-electron chi connectivity index (χ0n) is 13.1. The molecule has 2 heterocycles. The minimum Gasteiger partial charge on any atom is -0.466 e. The summed E-state index contributed by atoms with van der Waals surface area (Å²) in [7, 11) is 0. The van der Waals surface area contributed by atoms with Crippen LogP contribution in [0.15, 0.2) is 11.4 Å². The molecule has 1 aliphatic heterocycles. The summed E-state index contributed by atoms with van der Waals surface area (Å²) in [6.07, 6.45) is 3.14. The third kappa shape index (κ3) is 5.25. The second-order valence-electron chi connectivity index (χ2n) is 5.65. The molecule has 0 bridgehead atoms. The highest BCUT2D eigenvalue weighted by atomic mass is 32.1. The number of carbonyl (C=O) groups excluding carboxylic acids is 1. The highest BCUT2D eigenvalue weighted by molar-refractivity contribution is 7.10. The predicted octanol–water partition coefficient (Wildman–Crippen LogP) is 3.77. The summed E-state index contributed by atoms with van der Waals surface area (Å²) in [4.78, 5) is 12.8. The molecule has 2 rings (SSSR count). The molecule has 0 spiro atoms. The molecule has 0 unspecified atom stereocenters. The average molecular weight is 297 g/mol. The lowest BCUT2D eigenvalue weighted by atomic mass is 9.88. The molecule has 3 nitrogen and oxygen atoms in total. The lowest BCUT2D eigenvalue weighted by molar-refractivity contribution is -0.153. The molecular weight excluding hydrogens is 270 g/mol. The second kappa shape index (κ2) is 8.42. The van der Waals surface area contributed by atoms with Crippen molar-refractivity contribution in [1.29, 1.82) is 0 Å². The molecule has 0 saturated heterocycles. The molecule has 0 atom stereocenters. The van der Waals surface area contributed by atoms with Gasteiger partial charge in [-0.25, -0.2) is 0 Å². The molecular formula is C16H27NO2S. The van der Waals surface area contributed by atoms with Gasteiger partial charge in [0, 0.05) is 18.0 Å². The van der Waals surface area contributed by atoms with E-state index < -0.39 is 0 Å². The fraction of sp³-hybridized carbons (Fsp3) is 0.688. The highest BCUT2D eigenvalue weighted by Gasteiger charge is 2.27. The summed E-state index contributed by atoms with van der Waals surface area (Å²) in [5, 5.41) is 5.51. The van der Waals surface area contributed by atoms with E-state index in [-0.39, 0.29) is 11.4 Å². The number of nitrogens with one attached hydrogen (secondary N) is 1. The second-order valence-corrected chi connectivity index (χ2v) is 6.65. The number of thiophene rings is 1. The third-order valence-electron chi connectivity index (χ3n) is 3.38. The summed E-state index contributed by atoms with van der Waals surface area (Å²) in [6.45, 7) is 10.5. The van der Waals surface area contributed by atoms with Gasteiger partial charge in [0.2, 0.25) is 0 Å². The average Bonchev–Trinajstić information content (AvgIpc) is 2.88. The number of fused-ring (bicyclic) bond motifs is 1. The van der Waals surface area contributed by atoms with Crippen molar-refractivity contribution >= 4 is 17.3 Å². The van der Waals surface area contributed by atoms with E-state index in [9.17, 15) is 4.79 Å². The molecule has 114 valence electrons. The molecule has 4 heteroatoms. The largest absolute Gasteiger partial charge is 0.466 e. The van der Waals surface area contributed by atoms with Crippen LogP contribution in [0.3, 0.4) is 0 Å². The molecule has 1 aromatic rings. The fourth-order valence-electron chi connectivity index (χ4n) is 2.22. The van der Waals surface area contributed by atoms with E-state index in [0.29, 0.717) is 6.61 Å². The number of esters is 1. The Hall–Kier alpha value is -0.870. The van der Waals surface area contributed by atoms with Gasteiger partial charge in [0.05, 0.1) is 12.0 Å². The van der Waals surface area contributed by atoms with E-state index in [1.54, 1.807) is 4.88 Å². The third-order valence-corrected chi connectivity index (χ3v) is 4.41. The maximum Gasteiger partial charge on any atom is 0.311 e. The van der Waals surface area contributed by atoms with Crippen molar-refractivity contribution in [2.75, 3.05) is 13.2 Å². The van der Waals surface area contributed by atoms with Crippen molar-refractivity contribution in [2.24, 2.45) is 5.41 Å². The van der Waals surface area contributed by atoms with Gasteiger partial charge in [-0.2, -0.15) is 0 Å². The van der Waals surface area contributed by atoms with Gasteiger partial charge < -0.3 is 10.1 Å². The first-order valence-electron chi connectivity index (χ1n) is 7.44. The van der Waals surface area contributed by atoms with Crippen molar-refractivity contribution in [3.63, 3.8) is 0 Å². The summed E-state index contributed by atoms with van der Waals surface area (Å²) in [5.74, 6) is -0.0816. The van der Waals surface area contributed by atoms with Crippen molar-refractivity contribution in [1.82, 2.24) is 5.32 Å². The van der Waals surface area contributed by atoms with E-state index in [1.165, 1.54) is 12.0 Å². The Bertz CT molecular complexity index is 392. The van der Waals surface area contributed by atoms with Crippen LogP contribution < -0.4 is 5.32 Å². The number of rotatable bonds is 4. The van der Waals surface area contributed by atoms with Gasteiger partial charge in [0.25, 0.3) is 0 Å². The Morgan fingerprint density at radius 2 is 2.20 bits per heavy atom. The van der Waals surface area contributed by atoms with Crippen molar-refractivity contribution in [3.05, 3.63) is 21.9 Å². The van der Waals surface area contributed by atoms with Crippen LogP contribution in [0.1, 0.15) is 51.0 Å². The Morgan fingerprint density at radius 1 is 1.45 bits per heavy atom. The molecule has 0 fully saturated rings. The summed E-state index contributed by atoms with van der Waals surface area (Å²) >= 11 is 1.89. The molecule has 1 aromatic heterocycles. The van der Waals surface area contributed by atoms with Crippen LogP contribution in [-0.4, -0.2) is 19.1 Å². The smallest absolute Gasteiger partial charge is 0.311 e. The molecule has 0 amide bonds. The van der Waals surface area contributed by atoms with E-state index in [4.69, 9.17) is 4.74 Å². The standard InChI is InChI=1S/C9H18O2.C7H9NS/c1-5-7-9(3,4)8(10)11-6-2;1-3-8-5-6-2-4-9-7(1)6/h5-7H2,1-4H3;2,4,8H,1,3,5H2. The topological polar surface area (TPSA) is 38.3 Å². The van der Waals surface area contributed by atoms with Crippen LogP contribution >= 0.6 is 11.3 Å². The first-order chi connectivity index (χ1) is 9.51. The molecule has 0 radical (unpaired) electrons. The van der Waals surface area contributed by atoms with Crippen LogP contribution in [0, 0.1) is 5.41 Å². The zero-order valence-corrected chi connectivity index (χ0v) is 13.9. The van der Waals surface area contributed by atoms with Crippen LogP contribution in [-0.2, 0) is 22.5 Å². The fourth-order valence-corrected chi connectivity index (χ4v) is 3.13. The Morgan fingerprint density at radius 3 is 2.80 bits per heavy atom. The van der Waals surface area contributed by atoms with E-state index in [0.717, 1.165) is 25.9 Å². The van der Waals surface area contributed by atoms with Gasteiger partial charge >= 0.3 is 5.97 Å². The number of ether oxygens (including phenoxy) is 1. The first-order valence-corrected chi connectivity index (χ1v) is 8.32. The van der Waals surface area contributed by atoms with Crippen LogP contribution in [0.2, 0.25) is 0 Å². The lowest BCUT2D eigenvalue weighted by Crippen LogP contribution is -2.26. The zero-order chi connectivity index (χ0) is 15.0. The normalized spacial score (nSPS) is 14.0. The Labute approximate surface area is 126 Å². The van der Waals surface area contributed by atoms with Crippen molar-refractivity contribution < 1.29 is 9.53 Å². The van der Waals surface area contributed by atoms with E-state index >= 15 is 0 Å².